The lowest BCUT2D eigenvalue weighted by atomic mass is 10.0. The normalized spacial score (nSPS) is 11.0. The second-order valence-electron chi connectivity index (χ2n) is 7.81. The third-order valence-electron chi connectivity index (χ3n) is 5.01. The Morgan fingerprint density at radius 1 is 1.09 bits per heavy atom. The molecule has 0 fully saturated rings. The fraction of sp³-hybridized carbons (Fsp3) is 0.231. The van der Waals surface area contributed by atoms with Crippen LogP contribution in [0.4, 0.5) is 0 Å². The summed E-state index contributed by atoms with van der Waals surface area (Å²) in [6.45, 7) is 6.74. The van der Waals surface area contributed by atoms with Crippen molar-refractivity contribution in [2.24, 2.45) is 5.10 Å². The molecule has 0 heterocycles. The Hall–Kier alpha value is -3.80. The predicted molar refractivity (Wildman–Crippen MR) is 126 cm³/mol. The third-order valence-corrected chi connectivity index (χ3v) is 5.01. The van der Waals surface area contributed by atoms with Crippen molar-refractivity contribution in [3.8, 4) is 17.2 Å². The largest absolute Gasteiger partial charge is 0.507 e. The Bertz CT molecular complexity index is 1110. The number of phenols is 1. The molecule has 166 valence electrons. The lowest BCUT2D eigenvalue weighted by Gasteiger charge is -2.15. The molecule has 0 aromatic heterocycles. The summed E-state index contributed by atoms with van der Waals surface area (Å²) >= 11 is 0. The summed E-state index contributed by atoms with van der Waals surface area (Å²) in [6, 6.07) is 18.2. The zero-order valence-corrected chi connectivity index (χ0v) is 18.8. The van der Waals surface area contributed by atoms with Crippen LogP contribution in [0.1, 0.15) is 52.4 Å². The highest BCUT2D eigenvalue weighted by Crippen LogP contribution is 2.28. The number of ether oxygens (including phenoxy) is 2. The molecule has 0 spiro atoms. The van der Waals surface area contributed by atoms with Crippen molar-refractivity contribution >= 4 is 12.1 Å². The van der Waals surface area contributed by atoms with Crippen LogP contribution in [0.2, 0.25) is 0 Å². The van der Waals surface area contributed by atoms with E-state index in [-0.39, 0.29) is 11.7 Å². The molecule has 6 heteroatoms. The van der Waals surface area contributed by atoms with E-state index < -0.39 is 0 Å². The monoisotopic (exact) mass is 432 g/mol. The number of benzene rings is 3. The maximum absolute atomic E-state index is 12.3. The fourth-order valence-electron chi connectivity index (χ4n) is 3.14. The van der Waals surface area contributed by atoms with Gasteiger partial charge in [0.25, 0.3) is 5.91 Å². The Morgan fingerprint density at radius 2 is 1.84 bits per heavy atom. The molecule has 6 nitrogen and oxygen atoms in total. The fourth-order valence-corrected chi connectivity index (χ4v) is 3.14. The summed E-state index contributed by atoms with van der Waals surface area (Å²) in [5.74, 6) is 1.53. The van der Waals surface area contributed by atoms with Gasteiger partial charge in [0, 0.05) is 11.1 Å². The van der Waals surface area contributed by atoms with E-state index in [9.17, 15) is 9.90 Å². The minimum absolute atomic E-state index is 0.0439. The van der Waals surface area contributed by atoms with Crippen LogP contribution < -0.4 is 14.9 Å². The first-order chi connectivity index (χ1) is 15.4. The number of hydrazone groups is 1. The summed E-state index contributed by atoms with van der Waals surface area (Å²) < 4.78 is 11.2. The van der Waals surface area contributed by atoms with Crippen LogP contribution in [-0.4, -0.2) is 24.3 Å². The number of carbonyl (C=O) groups excluding carboxylic acids is 1. The second-order valence-corrected chi connectivity index (χ2v) is 7.81. The van der Waals surface area contributed by atoms with E-state index in [2.05, 4.69) is 42.6 Å². The van der Waals surface area contributed by atoms with Gasteiger partial charge in [0.05, 0.1) is 13.3 Å². The first-order valence-corrected chi connectivity index (χ1v) is 10.4. The Morgan fingerprint density at radius 3 is 2.53 bits per heavy atom. The third kappa shape index (κ3) is 5.88. The number of amides is 1. The first kappa shape index (κ1) is 22.9. The summed E-state index contributed by atoms with van der Waals surface area (Å²) in [7, 11) is 1.54. The van der Waals surface area contributed by atoms with Gasteiger partial charge in [-0.05, 0) is 65.9 Å². The molecular formula is C26H28N2O4. The van der Waals surface area contributed by atoms with E-state index in [0.717, 1.165) is 16.9 Å². The highest BCUT2D eigenvalue weighted by Gasteiger charge is 2.09. The molecule has 3 aromatic carbocycles. The first-order valence-electron chi connectivity index (χ1n) is 10.4. The number of nitrogens with one attached hydrogen (secondary N) is 1. The molecule has 0 atom stereocenters. The SMILES string of the molecule is COc1ccc(O)c(/C=N/NC(=O)c2ccc(COc3cc(C)ccc3C(C)C)cc2)c1. The van der Waals surface area contributed by atoms with Crippen molar-refractivity contribution in [2.45, 2.75) is 33.3 Å². The number of carbonyl (C=O) groups is 1. The molecule has 0 aliphatic heterocycles. The minimum atomic E-state index is -0.350. The lowest BCUT2D eigenvalue weighted by molar-refractivity contribution is 0.0955. The van der Waals surface area contributed by atoms with Crippen LogP contribution >= 0.6 is 0 Å². The van der Waals surface area contributed by atoms with Gasteiger partial charge in [0.2, 0.25) is 0 Å². The molecule has 2 N–H and O–H groups in total. The summed E-state index contributed by atoms with van der Waals surface area (Å²) in [5.41, 5.74) is 6.66. The average molecular weight is 433 g/mol. The van der Waals surface area contributed by atoms with Gasteiger partial charge in [-0.15, -0.1) is 0 Å². The predicted octanol–water partition coefficient (Wildman–Crippen LogP) is 5.18. The van der Waals surface area contributed by atoms with Crippen LogP contribution in [0.25, 0.3) is 0 Å². The molecule has 3 aromatic rings. The van der Waals surface area contributed by atoms with Gasteiger partial charge in [0.15, 0.2) is 0 Å². The zero-order valence-electron chi connectivity index (χ0n) is 18.8. The van der Waals surface area contributed by atoms with Crippen molar-refractivity contribution in [1.29, 1.82) is 0 Å². The Kier molecular flexibility index (Phi) is 7.49. The van der Waals surface area contributed by atoms with Crippen LogP contribution in [0.5, 0.6) is 17.2 Å². The topological polar surface area (TPSA) is 80.2 Å². The molecule has 32 heavy (non-hydrogen) atoms. The number of hydrogen-bond donors (Lipinski definition) is 2. The average Bonchev–Trinajstić information content (AvgIpc) is 2.79. The lowest BCUT2D eigenvalue weighted by Crippen LogP contribution is -2.17. The maximum Gasteiger partial charge on any atom is 0.271 e. The van der Waals surface area contributed by atoms with E-state index in [1.54, 1.807) is 24.3 Å². The summed E-state index contributed by atoms with van der Waals surface area (Å²) in [6.07, 6.45) is 1.37. The van der Waals surface area contributed by atoms with E-state index in [4.69, 9.17) is 9.47 Å². The molecule has 3 rings (SSSR count). The number of hydrogen-bond acceptors (Lipinski definition) is 5. The summed E-state index contributed by atoms with van der Waals surface area (Å²) in [5, 5.41) is 13.8. The second kappa shape index (κ2) is 10.5. The maximum atomic E-state index is 12.3. The molecule has 0 saturated carbocycles. The standard InChI is InChI=1S/C26H28N2O4/c1-17(2)23-11-5-18(3)13-25(23)32-16-19-6-8-20(9-7-19)26(30)28-27-15-21-14-22(31-4)10-12-24(21)29/h5-15,17,29H,16H2,1-4H3,(H,28,30)/b27-15+. The number of methoxy groups -OCH3 is 1. The van der Waals surface area contributed by atoms with Gasteiger partial charge >= 0.3 is 0 Å². The van der Waals surface area contributed by atoms with Crippen molar-refractivity contribution in [1.82, 2.24) is 5.43 Å². The number of nitrogens with zero attached hydrogens (tertiary/aromatic N) is 1. The zero-order chi connectivity index (χ0) is 23.1. The number of rotatable bonds is 8. The molecule has 0 unspecified atom stereocenters. The molecule has 0 aliphatic rings. The number of aromatic hydroxyl groups is 1. The van der Waals surface area contributed by atoms with Crippen molar-refractivity contribution in [3.05, 3.63) is 88.5 Å². The van der Waals surface area contributed by atoms with Gasteiger partial charge in [0.1, 0.15) is 23.9 Å². The van der Waals surface area contributed by atoms with Gasteiger partial charge in [-0.1, -0.05) is 38.1 Å². The van der Waals surface area contributed by atoms with Crippen LogP contribution in [-0.2, 0) is 6.61 Å². The van der Waals surface area contributed by atoms with E-state index >= 15 is 0 Å². The van der Waals surface area contributed by atoms with Gasteiger partial charge in [-0.3, -0.25) is 4.79 Å². The highest BCUT2D eigenvalue weighted by molar-refractivity contribution is 5.95. The molecular weight excluding hydrogens is 404 g/mol. The minimum Gasteiger partial charge on any atom is -0.507 e. The van der Waals surface area contributed by atoms with E-state index in [0.29, 0.717) is 29.4 Å². The van der Waals surface area contributed by atoms with Crippen LogP contribution in [0.15, 0.2) is 65.8 Å². The Labute approximate surface area is 188 Å². The van der Waals surface area contributed by atoms with Crippen molar-refractivity contribution in [3.63, 3.8) is 0 Å². The number of aryl methyl sites for hydroxylation is 1. The molecule has 0 aliphatic carbocycles. The van der Waals surface area contributed by atoms with Gasteiger partial charge in [-0.25, -0.2) is 5.43 Å². The smallest absolute Gasteiger partial charge is 0.271 e. The Balaban J connectivity index is 1.60. The van der Waals surface area contributed by atoms with Gasteiger partial charge < -0.3 is 14.6 Å². The van der Waals surface area contributed by atoms with Crippen molar-refractivity contribution in [2.75, 3.05) is 7.11 Å². The molecule has 0 bridgehead atoms. The molecule has 0 radical (unpaired) electrons. The quantitative estimate of drug-likeness (QED) is 0.380. The molecule has 1 amide bonds. The van der Waals surface area contributed by atoms with Gasteiger partial charge in [-0.2, -0.15) is 5.10 Å². The highest BCUT2D eigenvalue weighted by atomic mass is 16.5. The van der Waals surface area contributed by atoms with E-state index in [1.807, 2.05) is 19.1 Å². The molecule has 0 saturated heterocycles. The van der Waals surface area contributed by atoms with E-state index in [1.165, 1.54) is 25.0 Å². The number of phenolic OH excluding ortho intramolecular Hbond substituents is 1. The summed E-state index contributed by atoms with van der Waals surface area (Å²) in [4.78, 5) is 12.3. The van der Waals surface area contributed by atoms with Crippen LogP contribution in [0, 0.1) is 6.92 Å². The van der Waals surface area contributed by atoms with Crippen molar-refractivity contribution < 1.29 is 19.4 Å². The van der Waals surface area contributed by atoms with Crippen LogP contribution in [0.3, 0.4) is 0 Å².